The van der Waals surface area contributed by atoms with Crippen molar-refractivity contribution in [2.24, 2.45) is 0 Å². The van der Waals surface area contributed by atoms with Crippen LogP contribution < -0.4 is 5.32 Å². The summed E-state index contributed by atoms with van der Waals surface area (Å²) in [6, 6.07) is 10.1. The van der Waals surface area contributed by atoms with Crippen LogP contribution in [0.1, 0.15) is 30.2 Å². The van der Waals surface area contributed by atoms with Gasteiger partial charge in [-0.2, -0.15) is 0 Å². The van der Waals surface area contributed by atoms with E-state index in [2.05, 4.69) is 30.2 Å². The van der Waals surface area contributed by atoms with Gasteiger partial charge in [0.05, 0.1) is 16.6 Å². The van der Waals surface area contributed by atoms with Crippen LogP contribution in [0.15, 0.2) is 35.7 Å². The molecule has 0 bridgehead atoms. The summed E-state index contributed by atoms with van der Waals surface area (Å²) in [5.74, 6) is 0.410. The minimum atomic E-state index is -0.0115. The number of hydrogen-bond donors (Lipinski definition) is 1. The lowest BCUT2D eigenvalue weighted by Crippen LogP contribution is -2.13. The van der Waals surface area contributed by atoms with Crippen LogP contribution >= 0.6 is 22.7 Å². The quantitative estimate of drug-likeness (QED) is 0.760. The second-order valence-electron chi connectivity index (χ2n) is 5.17. The Bertz CT molecular complexity index is 760. The molecule has 0 aliphatic heterocycles. The highest BCUT2D eigenvalue weighted by molar-refractivity contribution is 7.22. The van der Waals surface area contributed by atoms with Gasteiger partial charge < -0.3 is 5.32 Å². The maximum absolute atomic E-state index is 12.0. The summed E-state index contributed by atoms with van der Waals surface area (Å²) in [5.41, 5.74) is 2.23. The largest absolute Gasteiger partial charge is 0.302 e. The molecule has 2 aromatic heterocycles. The van der Waals surface area contributed by atoms with E-state index in [1.807, 2.05) is 29.6 Å². The van der Waals surface area contributed by atoms with Crippen molar-refractivity contribution in [2.75, 3.05) is 5.32 Å². The summed E-state index contributed by atoms with van der Waals surface area (Å²) >= 11 is 3.13. The minimum absolute atomic E-state index is 0.0115. The molecule has 0 saturated heterocycles. The van der Waals surface area contributed by atoms with Crippen LogP contribution in [0.5, 0.6) is 0 Å². The number of amides is 1. The van der Waals surface area contributed by atoms with Crippen molar-refractivity contribution in [3.63, 3.8) is 0 Å². The van der Waals surface area contributed by atoms with E-state index < -0.39 is 0 Å². The molecule has 0 unspecified atom stereocenters. The molecule has 21 heavy (non-hydrogen) atoms. The van der Waals surface area contributed by atoms with Crippen LogP contribution in [0.2, 0.25) is 0 Å². The highest BCUT2D eigenvalue weighted by Crippen LogP contribution is 2.31. The lowest BCUT2D eigenvalue weighted by atomic mass is 10.0. The average Bonchev–Trinajstić information content (AvgIpc) is 3.06. The topological polar surface area (TPSA) is 42.0 Å². The molecule has 3 aromatic rings. The van der Waals surface area contributed by atoms with Gasteiger partial charge in [0.2, 0.25) is 5.91 Å². The van der Waals surface area contributed by atoms with Gasteiger partial charge >= 0.3 is 0 Å². The second kappa shape index (κ2) is 5.95. The molecule has 108 valence electrons. The van der Waals surface area contributed by atoms with Gasteiger partial charge in [-0.25, -0.2) is 4.98 Å². The van der Waals surface area contributed by atoms with Gasteiger partial charge in [0.25, 0.3) is 0 Å². The van der Waals surface area contributed by atoms with Crippen LogP contribution in [0.3, 0.4) is 0 Å². The van der Waals surface area contributed by atoms with Gasteiger partial charge in [-0.1, -0.05) is 43.4 Å². The molecule has 1 amide bonds. The van der Waals surface area contributed by atoms with Gasteiger partial charge in [-0.05, 0) is 29.0 Å². The predicted octanol–water partition coefficient (Wildman–Crippen LogP) is 4.66. The van der Waals surface area contributed by atoms with E-state index in [4.69, 9.17) is 0 Å². The van der Waals surface area contributed by atoms with Crippen molar-refractivity contribution in [3.8, 4) is 0 Å². The second-order valence-corrected chi connectivity index (χ2v) is 7.23. The molecule has 0 saturated carbocycles. The monoisotopic (exact) mass is 316 g/mol. The Kier molecular flexibility index (Phi) is 4.03. The predicted molar refractivity (Wildman–Crippen MR) is 90.4 cm³/mol. The number of thiophene rings is 1. The Morgan fingerprint density at radius 2 is 2.14 bits per heavy atom. The standard InChI is InChI=1S/C16H16N2OS2/c1-10(2)12-6-3-7-13-15(12)18-16(21-13)17-14(19)9-11-5-4-8-20-11/h3-8,10H,9H2,1-2H3,(H,17,18,19). The number of benzene rings is 1. The SMILES string of the molecule is CC(C)c1cccc2sc(NC(=O)Cc3cccs3)nc12. The number of nitrogens with one attached hydrogen (secondary N) is 1. The molecular formula is C16H16N2OS2. The molecule has 0 radical (unpaired) electrons. The summed E-state index contributed by atoms with van der Waals surface area (Å²) in [6.07, 6.45) is 0.407. The lowest BCUT2D eigenvalue weighted by molar-refractivity contribution is -0.115. The van der Waals surface area contributed by atoms with E-state index in [9.17, 15) is 4.79 Å². The first-order valence-corrected chi connectivity index (χ1v) is 8.55. The number of hydrogen-bond acceptors (Lipinski definition) is 4. The van der Waals surface area contributed by atoms with Crippen molar-refractivity contribution in [1.82, 2.24) is 4.98 Å². The van der Waals surface area contributed by atoms with E-state index in [1.54, 1.807) is 11.3 Å². The van der Waals surface area contributed by atoms with Gasteiger partial charge in [-0.15, -0.1) is 11.3 Å². The zero-order valence-corrected chi connectivity index (χ0v) is 13.6. The molecule has 1 N–H and O–H groups in total. The molecule has 2 heterocycles. The van der Waals surface area contributed by atoms with Gasteiger partial charge in [-0.3, -0.25) is 4.79 Å². The number of carbonyl (C=O) groups is 1. The number of thiazole rings is 1. The van der Waals surface area contributed by atoms with E-state index in [0.29, 0.717) is 17.5 Å². The average molecular weight is 316 g/mol. The fraction of sp³-hybridized carbons (Fsp3) is 0.250. The number of para-hydroxylation sites is 1. The molecule has 1 aromatic carbocycles. The third-order valence-electron chi connectivity index (χ3n) is 3.23. The van der Waals surface area contributed by atoms with Gasteiger partial charge in [0.1, 0.15) is 0 Å². The molecule has 0 aliphatic carbocycles. The van der Waals surface area contributed by atoms with Gasteiger partial charge in [0, 0.05) is 4.88 Å². The van der Waals surface area contributed by atoms with Crippen molar-refractivity contribution < 1.29 is 4.79 Å². The van der Waals surface area contributed by atoms with E-state index in [1.165, 1.54) is 16.9 Å². The van der Waals surface area contributed by atoms with Crippen molar-refractivity contribution >= 4 is 43.9 Å². The summed E-state index contributed by atoms with van der Waals surface area (Å²) in [5, 5.41) is 5.57. The summed E-state index contributed by atoms with van der Waals surface area (Å²) in [7, 11) is 0. The maximum atomic E-state index is 12.0. The Morgan fingerprint density at radius 1 is 1.29 bits per heavy atom. The van der Waals surface area contributed by atoms with E-state index in [-0.39, 0.29) is 5.91 Å². The summed E-state index contributed by atoms with van der Waals surface area (Å²) < 4.78 is 1.12. The molecular weight excluding hydrogens is 300 g/mol. The van der Waals surface area contributed by atoms with Crippen molar-refractivity contribution in [3.05, 3.63) is 46.2 Å². The molecule has 0 fully saturated rings. The van der Waals surface area contributed by atoms with Crippen LogP contribution in [0, 0.1) is 0 Å². The van der Waals surface area contributed by atoms with E-state index in [0.717, 1.165) is 15.1 Å². The number of rotatable bonds is 4. The molecule has 3 nitrogen and oxygen atoms in total. The first-order chi connectivity index (χ1) is 10.1. The first-order valence-electron chi connectivity index (χ1n) is 6.85. The zero-order valence-electron chi connectivity index (χ0n) is 11.9. The Labute approximate surface area is 131 Å². The highest BCUT2D eigenvalue weighted by Gasteiger charge is 2.12. The number of anilines is 1. The van der Waals surface area contributed by atoms with Crippen LogP contribution in [0.25, 0.3) is 10.2 Å². The normalized spacial score (nSPS) is 11.2. The third kappa shape index (κ3) is 3.14. The van der Waals surface area contributed by atoms with Crippen molar-refractivity contribution in [1.29, 1.82) is 0 Å². The number of nitrogens with zero attached hydrogens (tertiary/aromatic N) is 1. The van der Waals surface area contributed by atoms with Crippen LogP contribution in [0.4, 0.5) is 5.13 Å². The van der Waals surface area contributed by atoms with Gasteiger partial charge in [0.15, 0.2) is 5.13 Å². The summed E-state index contributed by atoms with van der Waals surface area (Å²) in [6.45, 7) is 4.31. The Morgan fingerprint density at radius 3 is 2.86 bits per heavy atom. The van der Waals surface area contributed by atoms with Crippen LogP contribution in [-0.2, 0) is 11.2 Å². The number of carbonyl (C=O) groups excluding carboxylic acids is 1. The first kappa shape index (κ1) is 14.2. The van der Waals surface area contributed by atoms with Crippen LogP contribution in [-0.4, -0.2) is 10.9 Å². The zero-order chi connectivity index (χ0) is 14.8. The number of fused-ring (bicyclic) bond motifs is 1. The fourth-order valence-corrected chi connectivity index (χ4v) is 3.84. The smallest absolute Gasteiger partial charge is 0.231 e. The molecule has 0 atom stereocenters. The molecule has 5 heteroatoms. The Hall–Kier alpha value is -1.72. The molecule has 0 aliphatic rings. The molecule has 0 spiro atoms. The summed E-state index contributed by atoms with van der Waals surface area (Å²) in [4.78, 5) is 17.7. The van der Waals surface area contributed by atoms with E-state index >= 15 is 0 Å². The number of aromatic nitrogens is 1. The van der Waals surface area contributed by atoms with Crippen molar-refractivity contribution in [2.45, 2.75) is 26.2 Å². The maximum Gasteiger partial charge on any atom is 0.231 e. The fourth-order valence-electron chi connectivity index (χ4n) is 2.22. The molecule has 3 rings (SSSR count). The lowest BCUT2D eigenvalue weighted by Gasteiger charge is -2.04. The third-order valence-corrected chi connectivity index (χ3v) is 5.05. The Balaban J connectivity index is 1.81. The highest BCUT2D eigenvalue weighted by atomic mass is 32.1. The minimum Gasteiger partial charge on any atom is -0.302 e.